The molecule has 0 saturated carbocycles. The molecule has 0 spiro atoms. The van der Waals surface area contributed by atoms with Crippen molar-refractivity contribution in [2.75, 3.05) is 36.0 Å². The van der Waals surface area contributed by atoms with E-state index in [1.807, 2.05) is 18.2 Å². The number of primary amides is 3. The Labute approximate surface area is 451 Å². The van der Waals surface area contributed by atoms with Gasteiger partial charge >= 0.3 is 0 Å². The SMILES string of the molecule is C[C@@H]1C(=O)NC(Cc2ccccc2)C(=O)N[C@@H](CCC(N)=O)C(=O)N[C@@H](CC(N)=O)C(=O)NC(C(=O)N2CCC[C@H]2C(=O)N[C@@H](CCCN=C(N)N)C(=O)NCC(N)=O)CSSCCC(=O)N1c1cccc2ccccc12. The molecule has 2 fully saturated rings. The van der Waals surface area contributed by atoms with Crippen molar-refractivity contribution < 1.29 is 52.7 Å². The van der Waals surface area contributed by atoms with Crippen LogP contribution < -0.4 is 65.5 Å². The van der Waals surface area contributed by atoms with E-state index in [2.05, 4.69) is 36.9 Å². The maximum absolute atomic E-state index is 14.7. The van der Waals surface area contributed by atoms with Gasteiger partial charge in [-0.2, -0.15) is 0 Å². The van der Waals surface area contributed by atoms with Crippen LogP contribution in [0, 0.1) is 0 Å². The van der Waals surface area contributed by atoms with Gasteiger partial charge in [-0.3, -0.25) is 62.6 Å². The fourth-order valence-electron chi connectivity index (χ4n) is 8.67. The number of anilines is 1. The second-order valence-corrected chi connectivity index (χ2v) is 20.9. The number of guanidine groups is 1. The molecule has 0 aromatic heterocycles. The molecule has 0 bridgehead atoms. The molecule has 3 aromatic rings. The summed E-state index contributed by atoms with van der Waals surface area (Å²) in [5.41, 5.74) is 28.2. The largest absolute Gasteiger partial charge is 0.370 e. The van der Waals surface area contributed by atoms with Crippen molar-refractivity contribution in [1.82, 2.24) is 36.8 Å². The molecule has 2 aliphatic heterocycles. The summed E-state index contributed by atoms with van der Waals surface area (Å²) in [5, 5.41) is 16.8. The van der Waals surface area contributed by atoms with E-state index in [-0.39, 0.29) is 62.7 Å². The summed E-state index contributed by atoms with van der Waals surface area (Å²) >= 11 is 0. The minimum atomic E-state index is -1.76. The summed E-state index contributed by atoms with van der Waals surface area (Å²) in [4.78, 5) is 156. The molecule has 77 heavy (non-hydrogen) atoms. The molecule has 0 radical (unpaired) electrons. The number of carbonyl (C=O) groups excluding carboxylic acids is 11. The van der Waals surface area contributed by atoms with Gasteiger partial charge in [0.2, 0.25) is 65.0 Å². The zero-order valence-corrected chi connectivity index (χ0v) is 44.0. The van der Waals surface area contributed by atoms with Crippen molar-refractivity contribution in [1.29, 1.82) is 0 Å². The molecular formula is C50H66N14O11S2. The lowest BCUT2D eigenvalue weighted by Gasteiger charge is -2.32. The third-order valence-corrected chi connectivity index (χ3v) is 14.9. The van der Waals surface area contributed by atoms with Crippen LogP contribution >= 0.6 is 21.6 Å². The number of nitrogens with zero attached hydrogens (tertiary/aromatic N) is 3. The molecule has 3 aromatic carbocycles. The number of hydrogen-bond acceptors (Lipinski definition) is 14. The first-order valence-corrected chi connectivity index (χ1v) is 27.3. The quantitative estimate of drug-likeness (QED) is 0.0279. The van der Waals surface area contributed by atoms with E-state index in [0.29, 0.717) is 23.1 Å². The predicted molar refractivity (Wildman–Crippen MR) is 289 cm³/mol. The molecular weight excluding hydrogens is 1040 g/mol. The maximum atomic E-state index is 14.7. The first kappa shape index (κ1) is 59.9. The Balaban J connectivity index is 1.51. The lowest BCUT2D eigenvalue weighted by molar-refractivity contribution is -0.142. The Morgan fingerprint density at radius 2 is 1.42 bits per heavy atom. The fraction of sp³-hybridized carbons (Fsp3) is 0.440. The van der Waals surface area contributed by atoms with Crippen LogP contribution in [0.15, 0.2) is 77.8 Å². The molecule has 2 unspecified atom stereocenters. The van der Waals surface area contributed by atoms with Gasteiger partial charge in [0.1, 0.15) is 42.3 Å². The molecule has 414 valence electrons. The number of hydrogen-bond donors (Lipinski definition) is 11. The molecule has 2 saturated heterocycles. The van der Waals surface area contributed by atoms with Gasteiger partial charge in [0, 0.05) is 49.2 Å². The van der Waals surface area contributed by atoms with Crippen LogP contribution in [0.4, 0.5) is 5.69 Å². The molecule has 2 heterocycles. The van der Waals surface area contributed by atoms with E-state index in [1.165, 1.54) is 16.7 Å². The number of fused-ring (bicyclic) bond motifs is 1. The number of rotatable bonds is 18. The Hall–Kier alpha value is -7.94. The highest BCUT2D eigenvalue weighted by molar-refractivity contribution is 8.76. The number of carbonyl (C=O) groups is 11. The van der Waals surface area contributed by atoms with E-state index in [4.69, 9.17) is 28.7 Å². The highest BCUT2D eigenvalue weighted by atomic mass is 33.1. The molecule has 5 rings (SSSR count). The highest BCUT2D eigenvalue weighted by Gasteiger charge is 2.41. The molecule has 25 nitrogen and oxygen atoms in total. The summed E-state index contributed by atoms with van der Waals surface area (Å²) < 4.78 is 0. The van der Waals surface area contributed by atoms with E-state index in [9.17, 15) is 52.7 Å². The number of nitrogens with one attached hydrogen (secondary N) is 6. The van der Waals surface area contributed by atoms with Crippen LogP contribution in [-0.4, -0.2) is 149 Å². The third-order valence-electron chi connectivity index (χ3n) is 12.5. The van der Waals surface area contributed by atoms with Crippen molar-refractivity contribution in [2.24, 2.45) is 33.7 Å². The van der Waals surface area contributed by atoms with E-state index >= 15 is 0 Å². The van der Waals surface area contributed by atoms with Crippen LogP contribution in [0.25, 0.3) is 10.8 Å². The van der Waals surface area contributed by atoms with Crippen LogP contribution in [0.2, 0.25) is 0 Å². The highest BCUT2D eigenvalue weighted by Crippen LogP contribution is 2.31. The standard InChI is InChI=1S/C50H66N14O11S2/c1-28-43(69)60-34(24-29-10-3-2-4-11-29)46(72)58-33(18-19-39(51)65)45(71)61-35(25-40(52)66)47(73)62-36(27-77-76-23-20-42(68)64(28)37-16-7-13-30-12-5-6-14-31(30)37)49(75)63-22-9-17-38(63)48(74)59-32(15-8-21-56-50(54)55)44(70)57-26-41(53)67/h2-7,10-14,16,28,32-36,38H,8-9,15,17-27H2,1H3,(H2,51,65)(H2,52,66)(H2,53,67)(H,57,70)(H,58,72)(H,59,74)(H,60,69)(H,61,71)(H,62,73)(H4,54,55,56)/t28-,32+,33+,34?,35+,36?,38+/m1/s1. The van der Waals surface area contributed by atoms with Crippen LogP contribution in [0.1, 0.15) is 63.9 Å². The first-order valence-electron chi connectivity index (χ1n) is 24.8. The molecule has 2 aliphatic rings. The van der Waals surface area contributed by atoms with Gasteiger partial charge in [-0.25, -0.2) is 0 Å². The topological polar surface area (TPSA) is 409 Å². The average Bonchev–Trinajstić information content (AvgIpc) is 3.90. The number of likely N-dealkylation sites (tertiary alicyclic amines) is 1. The molecule has 16 N–H and O–H groups in total. The monoisotopic (exact) mass is 1100 g/mol. The smallest absolute Gasteiger partial charge is 0.246 e. The van der Waals surface area contributed by atoms with Crippen molar-refractivity contribution in [2.45, 2.75) is 107 Å². The zero-order valence-electron chi connectivity index (χ0n) is 42.4. The Kier molecular flexibility index (Phi) is 22.9. The number of nitrogens with two attached hydrogens (primary N) is 5. The second kappa shape index (κ2) is 29.4. The number of aliphatic imine (C=N–C) groups is 1. The van der Waals surface area contributed by atoms with Gasteiger partial charge in [-0.15, -0.1) is 0 Å². The number of amides is 11. The summed E-state index contributed by atoms with van der Waals surface area (Å²) in [6.07, 6.45) is -1.17. The Morgan fingerprint density at radius 1 is 0.753 bits per heavy atom. The second-order valence-electron chi connectivity index (χ2n) is 18.3. The van der Waals surface area contributed by atoms with Crippen LogP contribution in [0.3, 0.4) is 0 Å². The molecule has 27 heteroatoms. The molecule has 11 amide bonds. The molecule has 7 atom stereocenters. The summed E-state index contributed by atoms with van der Waals surface area (Å²) in [6, 6.07) is 11.4. The average molecular weight is 1100 g/mol. The minimum absolute atomic E-state index is 0.0168. The Morgan fingerprint density at radius 3 is 2.12 bits per heavy atom. The van der Waals surface area contributed by atoms with E-state index in [0.717, 1.165) is 27.0 Å². The predicted octanol–water partition coefficient (Wildman–Crippen LogP) is -2.20. The van der Waals surface area contributed by atoms with Gasteiger partial charge in [-0.05, 0) is 56.0 Å². The van der Waals surface area contributed by atoms with Gasteiger partial charge < -0.3 is 65.5 Å². The summed E-state index contributed by atoms with van der Waals surface area (Å²) in [6.45, 7) is 1.13. The lowest BCUT2D eigenvalue weighted by Crippen LogP contribution is -2.61. The Bertz CT molecular complexity index is 2690. The molecule has 0 aliphatic carbocycles. The van der Waals surface area contributed by atoms with Crippen LogP contribution in [-0.2, 0) is 59.2 Å². The van der Waals surface area contributed by atoms with Gasteiger partial charge in [0.15, 0.2) is 5.96 Å². The summed E-state index contributed by atoms with van der Waals surface area (Å²) in [7, 11) is 2.25. The normalized spacial score (nSPS) is 21.5. The lowest BCUT2D eigenvalue weighted by atomic mass is 10.0. The van der Waals surface area contributed by atoms with Crippen molar-refractivity contribution in [3.8, 4) is 0 Å². The fourth-order valence-corrected chi connectivity index (χ4v) is 10.8. The van der Waals surface area contributed by atoms with Gasteiger partial charge in [0.05, 0.1) is 18.7 Å². The van der Waals surface area contributed by atoms with Crippen LogP contribution in [0.5, 0.6) is 0 Å². The van der Waals surface area contributed by atoms with E-state index < -0.39 is 133 Å². The van der Waals surface area contributed by atoms with Gasteiger partial charge in [0.25, 0.3) is 0 Å². The maximum Gasteiger partial charge on any atom is 0.246 e. The van der Waals surface area contributed by atoms with Crippen molar-refractivity contribution in [3.05, 3.63) is 78.4 Å². The van der Waals surface area contributed by atoms with Crippen molar-refractivity contribution in [3.63, 3.8) is 0 Å². The summed E-state index contributed by atoms with van der Waals surface area (Å²) in [5.74, 6) is -9.43. The van der Waals surface area contributed by atoms with E-state index in [1.54, 1.807) is 54.6 Å². The van der Waals surface area contributed by atoms with Crippen molar-refractivity contribution >= 4 is 109 Å². The van der Waals surface area contributed by atoms with Gasteiger partial charge in [-0.1, -0.05) is 88.3 Å². The number of benzene rings is 3. The minimum Gasteiger partial charge on any atom is -0.370 e. The third kappa shape index (κ3) is 18.1. The zero-order chi connectivity index (χ0) is 56.2. The first-order chi connectivity index (χ1) is 36.7.